The second-order valence-electron chi connectivity index (χ2n) is 5.21. The zero-order chi connectivity index (χ0) is 17.0. The summed E-state index contributed by atoms with van der Waals surface area (Å²) in [6, 6.07) is 12.7. The Bertz CT molecular complexity index is 742. The molecule has 1 atom stereocenters. The minimum atomic E-state index is -4.47. The van der Waals surface area contributed by atoms with Gasteiger partial charge in [0, 0.05) is 18.7 Å². The SMILES string of the molecule is Cc1cccc(CN[C@@H](c2ccc([N+](=O)[O-])cc2)P(=O)(O)O)c1. The summed E-state index contributed by atoms with van der Waals surface area (Å²) < 4.78 is 11.7. The number of nitro groups is 1. The molecule has 23 heavy (non-hydrogen) atoms. The van der Waals surface area contributed by atoms with Crippen LogP contribution in [0.2, 0.25) is 0 Å². The summed E-state index contributed by atoms with van der Waals surface area (Å²) in [5.41, 5.74) is 2.12. The third-order valence-electron chi connectivity index (χ3n) is 3.34. The molecule has 0 aliphatic heterocycles. The lowest BCUT2D eigenvalue weighted by Crippen LogP contribution is -2.21. The molecule has 2 rings (SSSR count). The van der Waals surface area contributed by atoms with Crippen molar-refractivity contribution in [1.29, 1.82) is 0 Å². The van der Waals surface area contributed by atoms with E-state index in [0.29, 0.717) is 5.56 Å². The van der Waals surface area contributed by atoms with Gasteiger partial charge in [-0.3, -0.25) is 20.0 Å². The summed E-state index contributed by atoms with van der Waals surface area (Å²) in [6.45, 7) is 2.20. The lowest BCUT2D eigenvalue weighted by atomic mass is 10.1. The monoisotopic (exact) mass is 336 g/mol. The molecule has 122 valence electrons. The molecule has 0 bridgehead atoms. The molecule has 0 aromatic heterocycles. The largest absolute Gasteiger partial charge is 0.346 e. The highest BCUT2D eigenvalue weighted by molar-refractivity contribution is 7.52. The molecule has 0 amide bonds. The molecular formula is C15H17N2O5P. The van der Waals surface area contributed by atoms with Gasteiger partial charge in [-0.15, -0.1) is 0 Å². The fourth-order valence-electron chi connectivity index (χ4n) is 2.25. The molecule has 7 nitrogen and oxygen atoms in total. The number of benzene rings is 2. The zero-order valence-corrected chi connectivity index (χ0v) is 13.3. The maximum atomic E-state index is 11.7. The molecule has 0 saturated carbocycles. The van der Waals surface area contributed by atoms with Crippen molar-refractivity contribution in [3.8, 4) is 0 Å². The Kier molecular flexibility index (Phi) is 5.28. The van der Waals surface area contributed by atoms with E-state index >= 15 is 0 Å². The van der Waals surface area contributed by atoms with E-state index in [2.05, 4.69) is 5.32 Å². The average molecular weight is 336 g/mol. The average Bonchev–Trinajstić information content (AvgIpc) is 2.46. The lowest BCUT2D eigenvalue weighted by Gasteiger charge is -2.20. The molecule has 0 unspecified atom stereocenters. The molecule has 2 aromatic rings. The first-order chi connectivity index (χ1) is 10.8. The molecule has 8 heteroatoms. The Hall–Kier alpha value is -2.05. The summed E-state index contributed by atoms with van der Waals surface area (Å²) in [6.07, 6.45) is 0. The zero-order valence-electron chi connectivity index (χ0n) is 12.4. The predicted octanol–water partition coefficient (Wildman–Crippen LogP) is 2.87. The smallest absolute Gasteiger partial charge is 0.323 e. The van der Waals surface area contributed by atoms with Crippen LogP contribution in [-0.2, 0) is 11.1 Å². The molecule has 2 aromatic carbocycles. The van der Waals surface area contributed by atoms with E-state index < -0.39 is 18.3 Å². The molecule has 0 radical (unpaired) electrons. The van der Waals surface area contributed by atoms with E-state index in [1.165, 1.54) is 24.3 Å². The minimum absolute atomic E-state index is 0.128. The molecule has 0 spiro atoms. The van der Waals surface area contributed by atoms with Gasteiger partial charge in [-0.1, -0.05) is 29.8 Å². The quantitative estimate of drug-likeness (QED) is 0.425. The highest BCUT2D eigenvalue weighted by Gasteiger charge is 2.30. The van der Waals surface area contributed by atoms with Crippen LogP contribution in [0.1, 0.15) is 22.5 Å². The minimum Gasteiger partial charge on any atom is -0.323 e. The van der Waals surface area contributed by atoms with Gasteiger partial charge in [0.25, 0.3) is 5.69 Å². The summed E-state index contributed by atoms with van der Waals surface area (Å²) in [5.74, 6) is -1.22. The van der Waals surface area contributed by atoms with Crippen molar-refractivity contribution in [2.24, 2.45) is 0 Å². The van der Waals surface area contributed by atoms with Crippen molar-refractivity contribution in [3.63, 3.8) is 0 Å². The fourth-order valence-corrected chi connectivity index (χ4v) is 3.14. The van der Waals surface area contributed by atoms with Gasteiger partial charge < -0.3 is 9.79 Å². The number of aryl methyl sites for hydroxylation is 1. The van der Waals surface area contributed by atoms with Gasteiger partial charge in [0.05, 0.1) is 4.92 Å². The van der Waals surface area contributed by atoms with Crippen LogP contribution < -0.4 is 5.32 Å². The van der Waals surface area contributed by atoms with Crippen LogP contribution in [0.3, 0.4) is 0 Å². The van der Waals surface area contributed by atoms with Crippen LogP contribution >= 0.6 is 7.60 Å². The number of nitrogens with one attached hydrogen (secondary N) is 1. The number of hydrogen-bond donors (Lipinski definition) is 3. The van der Waals surface area contributed by atoms with Gasteiger partial charge in [-0.05, 0) is 30.2 Å². The summed E-state index contributed by atoms with van der Waals surface area (Å²) in [7, 11) is -4.47. The number of hydrogen-bond acceptors (Lipinski definition) is 4. The van der Waals surface area contributed by atoms with E-state index in [1.807, 2.05) is 31.2 Å². The normalized spacial score (nSPS) is 12.8. The van der Waals surface area contributed by atoms with Crippen LogP contribution in [0, 0.1) is 17.0 Å². The van der Waals surface area contributed by atoms with E-state index in [-0.39, 0.29) is 12.2 Å². The molecule has 0 aliphatic rings. The van der Waals surface area contributed by atoms with Crippen molar-refractivity contribution in [3.05, 3.63) is 75.3 Å². The van der Waals surface area contributed by atoms with Crippen molar-refractivity contribution in [2.45, 2.75) is 19.3 Å². The maximum Gasteiger partial charge on any atom is 0.346 e. The summed E-state index contributed by atoms with van der Waals surface area (Å²) >= 11 is 0. The van der Waals surface area contributed by atoms with Gasteiger partial charge in [-0.25, -0.2) is 0 Å². The van der Waals surface area contributed by atoms with Crippen LogP contribution in [0.15, 0.2) is 48.5 Å². The molecule has 0 fully saturated rings. The van der Waals surface area contributed by atoms with Gasteiger partial charge in [-0.2, -0.15) is 0 Å². The third-order valence-corrected chi connectivity index (χ3v) is 4.49. The van der Waals surface area contributed by atoms with E-state index in [9.17, 15) is 24.5 Å². The second kappa shape index (κ2) is 7.02. The fraction of sp³-hybridized carbons (Fsp3) is 0.200. The van der Waals surface area contributed by atoms with E-state index in [0.717, 1.165) is 11.1 Å². The van der Waals surface area contributed by atoms with Crippen LogP contribution in [0.5, 0.6) is 0 Å². The Balaban J connectivity index is 2.20. The number of non-ortho nitro benzene ring substituents is 1. The highest BCUT2D eigenvalue weighted by Crippen LogP contribution is 2.50. The van der Waals surface area contributed by atoms with E-state index in [4.69, 9.17) is 0 Å². The third kappa shape index (κ3) is 4.71. The van der Waals surface area contributed by atoms with Crippen molar-refractivity contribution in [2.75, 3.05) is 0 Å². The summed E-state index contributed by atoms with van der Waals surface area (Å²) in [4.78, 5) is 29.2. The molecule has 0 aliphatic carbocycles. The second-order valence-corrected chi connectivity index (χ2v) is 6.90. The highest BCUT2D eigenvalue weighted by atomic mass is 31.2. The standard InChI is InChI=1S/C15H17N2O5P/c1-11-3-2-4-12(9-11)10-16-15(23(20,21)22)13-5-7-14(8-6-13)17(18)19/h2-9,15-16H,10H2,1H3,(H2,20,21,22)/t15-/m1/s1. The molecule has 3 N–H and O–H groups in total. The van der Waals surface area contributed by atoms with Gasteiger partial charge >= 0.3 is 7.60 Å². The molecule has 0 saturated heterocycles. The maximum absolute atomic E-state index is 11.7. The van der Waals surface area contributed by atoms with Crippen LogP contribution in [0.4, 0.5) is 5.69 Å². The Morgan fingerprint density at radius 1 is 1.22 bits per heavy atom. The summed E-state index contributed by atoms with van der Waals surface area (Å²) in [5, 5.41) is 13.5. The Labute approximate surface area is 133 Å². The Morgan fingerprint density at radius 3 is 2.39 bits per heavy atom. The first-order valence-electron chi connectivity index (χ1n) is 6.86. The van der Waals surface area contributed by atoms with Crippen LogP contribution in [-0.4, -0.2) is 14.7 Å². The van der Waals surface area contributed by atoms with Crippen molar-refractivity contribution >= 4 is 13.3 Å². The van der Waals surface area contributed by atoms with Crippen LogP contribution in [0.25, 0.3) is 0 Å². The van der Waals surface area contributed by atoms with Gasteiger partial charge in [0.2, 0.25) is 0 Å². The topological polar surface area (TPSA) is 113 Å². The predicted molar refractivity (Wildman–Crippen MR) is 85.9 cm³/mol. The number of rotatable bonds is 6. The van der Waals surface area contributed by atoms with Gasteiger partial charge in [0.1, 0.15) is 5.78 Å². The number of nitro benzene ring substituents is 1. The van der Waals surface area contributed by atoms with Gasteiger partial charge in [0.15, 0.2) is 0 Å². The first-order valence-corrected chi connectivity index (χ1v) is 8.54. The lowest BCUT2D eigenvalue weighted by molar-refractivity contribution is -0.384. The van der Waals surface area contributed by atoms with Crippen molar-refractivity contribution in [1.82, 2.24) is 5.32 Å². The molecular weight excluding hydrogens is 319 g/mol. The van der Waals surface area contributed by atoms with Crippen molar-refractivity contribution < 1.29 is 19.3 Å². The molecule has 0 heterocycles. The first kappa shape index (κ1) is 17.3. The number of nitrogens with zero attached hydrogens (tertiary/aromatic N) is 1. The Morgan fingerprint density at radius 2 is 1.87 bits per heavy atom. The van der Waals surface area contributed by atoms with E-state index in [1.54, 1.807) is 0 Å².